The number of phenols is 1. The van der Waals surface area contributed by atoms with Gasteiger partial charge in [0.1, 0.15) is 23.9 Å². The number of aromatic nitrogens is 1. The topological polar surface area (TPSA) is 197 Å². The van der Waals surface area contributed by atoms with Crippen LogP contribution in [0.25, 0.3) is 27.6 Å². The Morgan fingerprint density at radius 1 is 1.07 bits per heavy atom. The first-order valence-corrected chi connectivity index (χ1v) is 24.1. The molecule has 6 bridgehead atoms. The number of aromatic hydroxyl groups is 1. The summed E-state index contributed by atoms with van der Waals surface area (Å²) in [5.41, 5.74) is 10.1. The number of aryl methyl sites for hydroxylation is 1. The first-order valence-electron chi connectivity index (χ1n) is 24.1. The summed E-state index contributed by atoms with van der Waals surface area (Å²) >= 11 is 0. The summed E-state index contributed by atoms with van der Waals surface area (Å²) in [4.78, 5) is 78.1. The molecule has 3 aromatic rings. The van der Waals surface area contributed by atoms with E-state index in [0.717, 1.165) is 57.4 Å². The number of likely N-dealkylation sites (tertiary alicyclic amines) is 1. The van der Waals surface area contributed by atoms with E-state index in [0.29, 0.717) is 50.9 Å². The van der Waals surface area contributed by atoms with Crippen molar-refractivity contribution in [3.05, 3.63) is 58.9 Å². The molecule has 16 nitrogen and oxygen atoms in total. The zero-order valence-electron chi connectivity index (χ0n) is 40.3. The van der Waals surface area contributed by atoms with Crippen LogP contribution in [0.15, 0.2) is 47.1 Å². The first-order chi connectivity index (χ1) is 32.0. The van der Waals surface area contributed by atoms with Crippen LogP contribution in [-0.4, -0.2) is 138 Å². The summed E-state index contributed by atoms with van der Waals surface area (Å²) in [6.45, 7) is 14.6. The average Bonchev–Trinajstić information content (AvgIpc) is 3.97. The largest absolute Gasteiger partial charge is 0.508 e. The van der Waals surface area contributed by atoms with Crippen molar-refractivity contribution in [2.45, 2.75) is 123 Å². The second-order valence-corrected chi connectivity index (χ2v) is 20.2. The lowest BCUT2D eigenvalue weighted by Crippen LogP contribution is -2.62. The SMILES string of the molecule is CCn1c(C2=C([C@H](C)OC)N=CCC2)c2c3cc(ccc31)-c1cc(O)cc(c1)C[C@H](NC(=O)[C@H](C(C)C)N(C)C(=O)[C@H]1CCN(C(=O)[C@H]3CN3)C1)C(=O)N1CCC[C@H](N1)C(=O)OCC(C)(C)C2. The van der Waals surface area contributed by atoms with Crippen LogP contribution in [0.5, 0.6) is 5.75 Å². The second kappa shape index (κ2) is 19.6. The summed E-state index contributed by atoms with van der Waals surface area (Å²) in [6, 6.07) is 8.49. The fraction of sp³-hybridized carbons (Fsp3) is 0.569. The van der Waals surface area contributed by atoms with Crippen LogP contribution in [0.1, 0.15) is 90.5 Å². The number of methoxy groups -OCH3 is 1. The molecule has 3 fully saturated rings. The summed E-state index contributed by atoms with van der Waals surface area (Å²) in [7, 11) is 3.30. The van der Waals surface area contributed by atoms with Crippen molar-refractivity contribution in [3.8, 4) is 16.9 Å². The minimum atomic E-state index is -1.15. The van der Waals surface area contributed by atoms with Gasteiger partial charge in [-0.05, 0) is 105 Å². The summed E-state index contributed by atoms with van der Waals surface area (Å²) in [5.74, 6) is -2.47. The number of benzene rings is 2. The van der Waals surface area contributed by atoms with Crippen LogP contribution in [0.4, 0.5) is 0 Å². The van der Waals surface area contributed by atoms with Gasteiger partial charge in [0.25, 0.3) is 5.91 Å². The van der Waals surface area contributed by atoms with Crippen molar-refractivity contribution in [1.29, 1.82) is 0 Å². The van der Waals surface area contributed by atoms with Crippen LogP contribution >= 0.6 is 0 Å². The number of nitrogens with zero attached hydrogens (tertiary/aromatic N) is 5. The number of esters is 1. The molecule has 4 N–H and O–H groups in total. The molecule has 6 heterocycles. The number of hydrogen-bond acceptors (Lipinski definition) is 11. The van der Waals surface area contributed by atoms with Gasteiger partial charge in [0, 0.05) is 81.4 Å². The fourth-order valence-corrected chi connectivity index (χ4v) is 10.6. The van der Waals surface area contributed by atoms with Crippen LogP contribution < -0.4 is 16.1 Å². The molecular formula is C51H68N8O8. The number of hydrazine groups is 1. The molecule has 2 aromatic carbocycles. The number of carbonyl (C=O) groups is 5. The number of amides is 4. The van der Waals surface area contributed by atoms with Crippen LogP contribution in [0, 0.1) is 17.3 Å². The molecule has 67 heavy (non-hydrogen) atoms. The van der Waals surface area contributed by atoms with Gasteiger partial charge in [0.15, 0.2) is 0 Å². The number of allylic oxidation sites excluding steroid dienone is 1. The number of cyclic esters (lactones) is 1. The van der Waals surface area contributed by atoms with E-state index in [9.17, 15) is 29.1 Å². The highest BCUT2D eigenvalue weighted by atomic mass is 16.5. The smallest absolute Gasteiger partial charge is 0.324 e. The molecular weight excluding hydrogens is 853 g/mol. The summed E-state index contributed by atoms with van der Waals surface area (Å²) in [5, 5.41) is 19.8. The van der Waals surface area contributed by atoms with E-state index in [2.05, 4.69) is 53.5 Å². The van der Waals surface area contributed by atoms with Crippen molar-refractivity contribution in [1.82, 2.24) is 35.4 Å². The third-order valence-corrected chi connectivity index (χ3v) is 14.2. The van der Waals surface area contributed by atoms with Gasteiger partial charge >= 0.3 is 5.97 Å². The Morgan fingerprint density at radius 3 is 2.57 bits per heavy atom. The minimum Gasteiger partial charge on any atom is -0.508 e. The highest BCUT2D eigenvalue weighted by Gasteiger charge is 2.42. The van der Waals surface area contributed by atoms with Gasteiger partial charge in [-0.15, -0.1) is 0 Å². The number of aliphatic imine (C=N–C) groups is 1. The maximum Gasteiger partial charge on any atom is 0.324 e. The zero-order valence-corrected chi connectivity index (χ0v) is 40.3. The number of hydrogen-bond donors (Lipinski definition) is 4. The third-order valence-electron chi connectivity index (χ3n) is 14.2. The van der Waals surface area contributed by atoms with Crippen LogP contribution in [-0.2, 0) is 52.8 Å². The lowest BCUT2D eigenvalue weighted by atomic mass is 9.83. The number of likely N-dealkylation sites (N-methyl/N-ethyl adjacent to an activating group) is 1. The number of fused-ring (bicyclic) bond motifs is 6. The Balaban J connectivity index is 1.18. The molecule has 5 aliphatic rings. The third kappa shape index (κ3) is 10.0. The maximum absolute atomic E-state index is 14.7. The molecule has 360 valence electrons. The Hall–Kier alpha value is -5.58. The lowest BCUT2D eigenvalue weighted by Gasteiger charge is -2.37. The molecule has 0 radical (unpaired) electrons. The molecule has 8 rings (SSSR count). The Labute approximate surface area is 393 Å². The zero-order chi connectivity index (χ0) is 47.9. The summed E-state index contributed by atoms with van der Waals surface area (Å²) < 4.78 is 14.3. The van der Waals surface area contributed by atoms with Crippen LogP contribution in [0.3, 0.4) is 0 Å². The van der Waals surface area contributed by atoms with E-state index in [-0.39, 0.29) is 61.7 Å². The first kappa shape index (κ1) is 47.9. The quantitative estimate of drug-likeness (QED) is 0.165. The molecule has 16 heteroatoms. The molecule has 5 aliphatic heterocycles. The number of phenolic OH excluding ortho intramolecular Hbond substituents is 1. The number of ether oxygens (including phenoxy) is 2. The van der Waals surface area contributed by atoms with Gasteiger partial charge in [0.2, 0.25) is 17.7 Å². The lowest BCUT2D eigenvalue weighted by molar-refractivity contribution is -0.155. The van der Waals surface area contributed by atoms with E-state index in [1.54, 1.807) is 31.2 Å². The fourth-order valence-electron chi connectivity index (χ4n) is 10.6. The van der Waals surface area contributed by atoms with Crippen molar-refractivity contribution in [3.63, 3.8) is 0 Å². The van der Waals surface area contributed by atoms with Crippen molar-refractivity contribution < 1.29 is 38.6 Å². The van der Waals surface area contributed by atoms with E-state index in [1.165, 1.54) is 9.91 Å². The van der Waals surface area contributed by atoms with Crippen molar-refractivity contribution in [2.24, 2.45) is 22.2 Å². The highest BCUT2D eigenvalue weighted by Crippen LogP contribution is 2.42. The minimum absolute atomic E-state index is 0.00182. The molecule has 0 aliphatic carbocycles. The van der Waals surface area contributed by atoms with Gasteiger partial charge in [-0.25, -0.2) is 5.43 Å². The maximum atomic E-state index is 14.7. The van der Waals surface area contributed by atoms with Gasteiger partial charge in [-0.3, -0.25) is 34.0 Å². The van der Waals surface area contributed by atoms with E-state index in [1.807, 2.05) is 39.1 Å². The molecule has 3 saturated heterocycles. The number of nitrogens with one attached hydrogen (secondary N) is 3. The van der Waals surface area contributed by atoms with Crippen molar-refractivity contribution >= 4 is 52.3 Å². The van der Waals surface area contributed by atoms with Crippen molar-refractivity contribution in [2.75, 3.05) is 46.9 Å². The molecule has 0 saturated carbocycles. The Morgan fingerprint density at radius 2 is 1.85 bits per heavy atom. The van der Waals surface area contributed by atoms with Crippen LogP contribution in [0.2, 0.25) is 0 Å². The van der Waals surface area contributed by atoms with E-state index >= 15 is 0 Å². The molecule has 1 aromatic heterocycles. The monoisotopic (exact) mass is 921 g/mol. The molecule has 0 unspecified atom stereocenters. The van der Waals surface area contributed by atoms with Gasteiger partial charge in [-0.1, -0.05) is 39.8 Å². The second-order valence-electron chi connectivity index (χ2n) is 20.2. The molecule has 0 spiro atoms. The van der Waals surface area contributed by atoms with E-state index in [4.69, 9.17) is 14.5 Å². The van der Waals surface area contributed by atoms with Gasteiger partial charge in [-0.2, -0.15) is 0 Å². The van der Waals surface area contributed by atoms with Gasteiger partial charge in [0.05, 0.1) is 36.1 Å². The predicted molar refractivity (Wildman–Crippen MR) is 256 cm³/mol. The number of carbonyl (C=O) groups excluding carboxylic acids is 5. The Kier molecular flexibility index (Phi) is 14.0. The molecule has 6 atom stereocenters. The average molecular weight is 921 g/mol. The van der Waals surface area contributed by atoms with Gasteiger partial charge < -0.3 is 39.6 Å². The predicted octanol–water partition coefficient (Wildman–Crippen LogP) is 4.60. The van der Waals surface area contributed by atoms with E-state index < -0.39 is 47.2 Å². The standard InChI is InChI=1S/C51H68N8O8/c1-9-58-42-15-14-32-24-37(42)38(45(58)36-12-10-17-52-43(36)30(4)66-8)25-51(5,6)28-67-50(65)39-13-11-18-59(55-39)49(64)40(22-31-20-34(32)23-35(60)21-31)54-46(61)44(29(2)3)56(7)47(62)33-16-19-57(27-33)48(63)41-26-53-41/h14-15,17,20-21,23-24,29-30,33,39-41,44,53,55,60H,9-13,16,18-19,22,25-28H2,1-8H3,(H,54,61)/t30-,33-,39-,40-,41+,44-/m0/s1. The number of rotatable bonds is 10. The highest BCUT2D eigenvalue weighted by molar-refractivity contribution is 5.96. The Bertz CT molecular complexity index is 2490. The normalized spacial score (nSPS) is 24.1. The summed E-state index contributed by atoms with van der Waals surface area (Å²) in [6.07, 6.45) is 5.36. The molecule has 4 amide bonds.